The summed E-state index contributed by atoms with van der Waals surface area (Å²) in [5, 5.41) is 6.53. The summed E-state index contributed by atoms with van der Waals surface area (Å²) in [5.74, 6) is 1.83. The first kappa shape index (κ1) is 29.8. The van der Waals surface area contributed by atoms with Crippen molar-refractivity contribution in [3.8, 4) is 11.5 Å². The zero-order chi connectivity index (χ0) is 27.0. The molecular weight excluding hydrogens is 508 g/mol. The summed E-state index contributed by atoms with van der Waals surface area (Å²) < 4.78 is 11.8. The molecule has 0 spiro atoms. The van der Waals surface area contributed by atoms with Gasteiger partial charge in [-0.05, 0) is 91.0 Å². The molecule has 0 heterocycles. The molecule has 3 aromatic carbocycles. The Kier molecular flexibility index (Phi) is 13.2. The fourth-order valence-corrected chi connectivity index (χ4v) is 4.47. The van der Waals surface area contributed by atoms with Crippen LogP contribution in [0.1, 0.15) is 54.9 Å². The van der Waals surface area contributed by atoms with E-state index in [0.717, 1.165) is 86.2 Å². The lowest BCUT2D eigenvalue weighted by Gasteiger charge is -2.10. The van der Waals surface area contributed by atoms with Gasteiger partial charge in [-0.2, -0.15) is 0 Å². The van der Waals surface area contributed by atoms with Crippen molar-refractivity contribution in [2.75, 3.05) is 20.3 Å². The van der Waals surface area contributed by atoms with Gasteiger partial charge in [0.1, 0.15) is 11.5 Å². The fraction of sp³-hybridized carbons (Fsp3) is 0.375. The molecule has 0 amide bonds. The summed E-state index contributed by atoms with van der Waals surface area (Å²) in [4.78, 5) is 1.85. The van der Waals surface area contributed by atoms with Gasteiger partial charge >= 0.3 is 0 Å². The minimum Gasteiger partial charge on any atom is -0.494 e. The van der Waals surface area contributed by atoms with Gasteiger partial charge in [0.25, 0.3) is 0 Å². The molecule has 0 fully saturated rings. The lowest BCUT2D eigenvalue weighted by atomic mass is 10.1. The first-order valence-corrected chi connectivity index (χ1v) is 14.3. The minimum atomic E-state index is 0.729. The normalized spacial score (nSPS) is 10.7. The van der Waals surface area contributed by atoms with Crippen molar-refractivity contribution in [3.63, 3.8) is 0 Å². The number of unbranched alkanes of at least 4 members (excludes halogenated alkanes) is 3. The van der Waals surface area contributed by atoms with Gasteiger partial charge in [-0.3, -0.25) is 0 Å². The topological polar surface area (TPSA) is 42.5 Å². The molecule has 6 heteroatoms. The highest BCUT2D eigenvalue weighted by Crippen LogP contribution is 2.16. The molecule has 2 N–H and O–H groups in total. The lowest BCUT2D eigenvalue weighted by molar-refractivity contribution is 0.287. The standard InChI is InChI=1S/C32H40N2O2S2/c1-25(37)21-26-11-15-30(16-12-26)35-19-5-3-4-6-20-36-31-17-13-27(14-18-31)22-32(38)34-24-29-9-7-28(8-10-29)23-33-2/h7-18,33H,3-6,19-24H2,1-2H3,(H,34,38). The first-order valence-electron chi connectivity index (χ1n) is 13.4. The van der Waals surface area contributed by atoms with Crippen LogP contribution in [-0.4, -0.2) is 30.1 Å². The Morgan fingerprint density at radius 3 is 1.53 bits per heavy atom. The number of thiocarbonyl (C=S) groups is 2. The molecule has 202 valence electrons. The van der Waals surface area contributed by atoms with Crippen LogP contribution in [0.3, 0.4) is 0 Å². The van der Waals surface area contributed by atoms with Gasteiger partial charge in [-0.1, -0.05) is 73.0 Å². The van der Waals surface area contributed by atoms with Crippen LogP contribution in [0.25, 0.3) is 0 Å². The zero-order valence-corrected chi connectivity index (χ0v) is 24.3. The highest BCUT2D eigenvalue weighted by atomic mass is 32.1. The molecule has 0 radical (unpaired) electrons. The van der Waals surface area contributed by atoms with Gasteiger partial charge in [0, 0.05) is 25.9 Å². The van der Waals surface area contributed by atoms with Gasteiger partial charge < -0.3 is 20.1 Å². The van der Waals surface area contributed by atoms with E-state index in [1.165, 1.54) is 22.3 Å². The molecule has 0 unspecified atom stereocenters. The van der Waals surface area contributed by atoms with Crippen molar-refractivity contribution < 1.29 is 9.47 Å². The average molecular weight is 549 g/mol. The molecule has 38 heavy (non-hydrogen) atoms. The molecule has 3 rings (SSSR count). The SMILES string of the molecule is CNCc1ccc(CNC(=S)Cc2ccc(OCCCCCCOc3ccc(CC(C)=S)cc3)cc2)cc1. The first-order chi connectivity index (χ1) is 18.5. The highest BCUT2D eigenvalue weighted by Gasteiger charge is 2.02. The van der Waals surface area contributed by atoms with E-state index in [-0.39, 0.29) is 0 Å². The molecule has 4 nitrogen and oxygen atoms in total. The Labute approximate surface area is 239 Å². The summed E-state index contributed by atoms with van der Waals surface area (Å²) in [6.07, 6.45) is 5.93. The summed E-state index contributed by atoms with van der Waals surface area (Å²) >= 11 is 10.7. The molecule has 0 aliphatic carbocycles. The number of ether oxygens (including phenoxy) is 2. The monoisotopic (exact) mass is 548 g/mol. The molecule has 3 aromatic rings. The van der Waals surface area contributed by atoms with E-state index in [1.54, 1.807) is 0 Å². The predicted molar refractivity (Wildman–Crippen MR) is 167 cm³/mol. The maximum atomic E-state index is 5.92. The predicted octanol–water partition coefficient (Wildman–Crippen LogP) is 7.02. The third-order valence-electron chi connectivity index (χ3n) is 6.13. The average Bonchev–Trinajstić information content (AvgIpc) is 2.91. The molecule has 0 bridgehead atoms. The van der Waals surface area contributed by atoms with Crippen molar-refractivity contribution in [2.45, 2.75) is 58.5 Å². The molecular formula is C32H40N2O2S2. The van der Waals surface area contributed by atoms with Crippen LogP contribution in [0.15, 0.2) is 72.8 Å². The Bertz CT molecular complexity index is 1110. The lowest BCUT2D eigenvalue weighted by Crippen LogP contribution is -2.22. The van der Waals surface area contributed by atoms with Crippen LogP contribution in [0, 0.1) is 0 Å². The summed E-state index contributed by atoms with van der Waals surface area (Å²) in [6.45, 7) is 5.08. The van der Waals surface area contributed by atoms with Crippen LogP contribution in [0.4, 0.5) is 0 Å². The van der Waals surface area contributed by atoms with Gasteiger partial charge in [-0.15, -0.1) is 0 Å². The molecule has 0 saturated carbocycles. The van der Waals surface area contributed by atoms with Crippen molar-refractivity contribution in [1.82, 2.24) is 10.6 Å². The van der Waals surface area contributed by atoms with E-state index in [1.807, 2.05) is 38.2 Å². The van der Waals surface area contributed by atoms with Crippen molar-refractivity contribution in [3.05, 3.63) is 95.1 Å². The van der Waals surface area contributed by atoms with E-state index < -0.39 is 0 Å². The molecule has 0 saturated heterocycles. The van der Waals surface area contributed by atoms with Crippen molar-refractivity contribution in [2.24, 2.45) is 0 Å². The largest absolute Gasteiger partial charge is 0.494 e. The smallest absolute Gasteiger partial charge is 0.119 e. The van der Waals surface area contributed by atoms with Gasteiger partial charge in [-0.25, -0.2) is 0 Å². The molecule has 0 aromatic heterocycles. The van der Waals surface area contributed by atoms with Gasteiger partial charge in [0.05, 0.1) is 18.2 Å². The number of benzene rings is 3. The Balaban J connectivity index is 1.23. The Morgan fingerprint density at radius 2 is 1.05 bits per heavy atom. The van der Waals surface area contributed by atoms with Crippen LogP contribution in [0.5, 0.6) is 11.5 Å². The zero-order valence-electron chi connectivity index (χ0n) is 22.6. The number of hydrogen-bond donors (Lipinski definition) is 2. The third-order valence-corrected chi connectivity index (χ3v) is 6.57. The van der Waals surface area contributed by atoms with Gasteiger partial charge in [0.2, 0.25) is 0 Å². The summed E-state index contributed by atoms with van der Waals surface area (Å²) in [5.41, 5.74) is 4.93. The number of rotatable bonds is 17. The van der Waals surface area contributed by atoms with Crippen molar-refractivity contribution in [1.29, 1.82) is 0 Å². The number of nitrogens with one attached hydrogen (secondary N) is 2. The van der Waals surface area contributed by atoms with E-state index in [0.29, 0.717) is 0 Å². The van der Waals surface area contributed by atoms with E-state index in [9.17, 15) is 0 Å². The number of hydrogen-bond acceptors (Lipinski definition) is 5. The van der Waals surface area contributed by atoms with Crippen LogP contribution in [-0.2, 0) is 25.9 Å². The second kappa shape index (κ2) is 16.9. The second-order valence-corrected chi connectivity index (χ2v) is 10.8. The maximum absolute atomic E-state index is 5.92. The third kappa shape index (κ3) is 11.7. The Morgan fingerprint density at radius 1 is 0.605 bits per heavy atom. The summed E-state index contributed by atoms with van der Waals surface area (Å²) in [6, 6.07) is 25.1. The van der Waals surface area contributed by atoms with Crippen LogP contribution < -0.4 is 20.1 Å². The van der Waals surface area contributed by atoms with Crippen LogP contribution in [0.2, 0.25) is 0 Å². The second-order valence-electron chi connectivity index (χ2n) is 9.58. The maximum Gasteiger partial charge on any atom is 0.119 e. The fourth-order valence-electron chi connectivity index (χ4n) is 4.06. The van der Waals surface area contributed by atoms with E-state index in [4.69, 9.17) is 33.9 Å². The minimum absolute atomic E-state index is 0.729. The van der Waals surface area contributed by atoms with Gasteiger partial charge in [0.15, 0.2) is 0 Å². The van der Waals surface area contributed by atoms with E-state index in [2.05, 4.69) is 59.2 Å². The van der Waals surface area contributed by atoms with E-state index >= 15 is 0 Å². The Hall–Kier alpha value is -2.80. The molecule has 0 atom stereocenters. The quantitative estimate of drug-likeness (QED) is 0.140. The highest BCUT2D eigenvalue weighted by molar-refractivity contribution is 7.80. The molecule has 0 aliphatic heterocycles. The molecule has 0 aliphatic rings. The van der Waals surface area contributed by atoms with Crippen molar-refractivity contribution >= 4 is 34.3 Å². The van der Waals surface area contributed by atoms with Crippen LogP contribution >= 0.6 is 24.4 Å². The summed E-state index contributed by atoms with van der Waals surface area (Å²) in [7, 11) is 1.96.